The predicted octanol–water partition coefficient (Wildman–Crippen LogP) is 1.40. The van der Waals surface area contributed by atoms with Gasteiger partial charge in [0.05, 0.1) is 13.2 Å². The van der Waals surface area contributed by atoms with Gasteiger partial charge in [0.1, 0.15) is 0 Å². The molecule has 1 amide bonds. The van der Waals surface area contributed by atoms with E-state index in [2.05, 4.69) is 15.5 Å². The van der Waals surface area contributed by atoms with Crippen molar-refractivity contribution in [3.8, 4) is 0 Å². The van der Waals surface area contributed by atoms with Gasteiger partial charge >= 0.3 is 0 Å². The van der Waals surface area contributed by atoms with Gasteiger partial charge in [-0.1, -0.05) is 17.7 Å². The molecule has 0 aromatic heterocycles. The fourth-order valence-corrected chi connectivity index (χ4v) is 2.56. The second-order valence-electron chi connectivity index (χ2n) is 5.07. The molecule has 1 saturated heterocycles. The Morgan fingerprint density at radius 3 is 3.14 bits per heavy atom. The molecule has 1 aromatic carbocycles. The van der Waals surface area contributed by atoms with E-state index in [1.165, 1.54) is 0 Å². The van der Waals surface area contributed by atoms with E-state index in [9.17, 15) is 4.79 Å². The first kappa shape index (κ1) is 16.1. The molecule has 116 valence electrons. The molecule has 0 atom stereocenters. The molecule has 1 fully saturated rings. The minimum Gasteiger partial charge on any atom is -0.383 e. The summed E-state index contributed by atoms with van der Waals surface area (Å²) in [6.07, 6.45) is 0.939. The number of benzene rings is 1. The molecule has 0 bridgehead atoms. The number of halogens is 1. The van der Waals surface area contributed by atoms with Gasteiger partial charge in [-0.05, 0) is 24.1 Å². The minimum atomic E-state index is 0.0609. The van der Waals surface area contributed by atoms with Crippen molar-refractivity contribution in [2.75, 3.05) is 44.8 Å². The third-order valence-electron chi connectivity index (χ3n) is 3.45. The van der Waals surface area contributed by atoms with Crippen molar-refractivity contribution in [3.05, 3.63) is 28.8 Å². The number of ether oxygens (including phenoxy) is 1. The summed E-state index contributed by atoms with van der Waals surface area (Å²) < 4.78 is 5.03. The van der Waals surface area contributed by atoms with Crippen LogP contribution < -0.4 is 15.5 Å². The first-order valence-corrected chi connectivity index (χ1v) is 7.58. The first-order valence-electron chi connectivity index (χ1n) is 7.20. The van der Waals surface area contributed by atoms with E-state index in [-0.39, 0.29) is 5.91 Å². The summed E-state index contributed by atoms with van der Waals surface area (Å²) in [6, 6.07) is 5.84. The Bertz CT molecular complexity index is 482. The van der Waals surface area contributed by atoms with Gasteiger partial charge in [-0.3, -0.25) is 4.79 Å². The zero-order valence-corrected chi connectivity index (χ0v) is 13.1. The van der Waals surface area contributed by atoms with Crippen LogP contribution in [0.1, 0.15) is 12.0 Å². The van der Waals surface area contributed by atoms with E-state index < -0.39 is 0 Å². The van der Waals surface area contributed by atoms with Crippen molar-refractivity contribution in [3.63, 3.8) is 0 Å². The summed E-state index contributed by atoms with van der Waals surface area (Å²) in [5.74, 6) is 0.0609. The van der Waals surface area contributed by atoms with Gasteiger partial charge in [-0.25, -0.2) is 0 Å². The second kappa shape index (κ2) is 8.22. The highest BCUT2D eigenvalue weighted by molar-refractivity contribution is 6.30. The molecule has 1 aromatic rings. The lowest BCUT2D eigenvalue weighted by Crippen LogP contribution is -2.34. The number of hydrogen-bond acceptors (Lipinski definition) is 4. The van der Waals surface area contributed by atoms with Crippen molar-refractivity contribution >= 4 is 23.2 Å². The van der Waals surface area contributed by atoms with Gasteiger partial charge in [0.2, 0.25) is 5.91 Å². The average Bonchev–Trinajstić information content (AvgIpc) is 2.69. The summed E-state index contributed by atoms with van der Waals surface area (Å²) in [6.45, 7) is 4.16. The van der Waals surface area contributed by atoms with Crippen LogP contribution in [0, 0.1) is 0 Å². The summed E-state index contributed by atoms with van der Waals surface area (Å²) in [5, 5.41) is 6.92. The third kappa shape index (κ3) is 4.88. The van der Waals surface area contributed by atoms with E-state index >= 15 is 0 Å². The van der Waals surface area contributed by atoms with E-state index in [4.69, 9.17) is 16.3 Å². The molecule has 5 nitrogen and oxygen atoms in total. The number of methoxy groups -OCH3 is 1. The number of nitrogens with zero attached hydrogens (tertiary/aromatic N) is 1. The summed E-state index contributed by atoms with van der Waals surface area (Å²) in [4.78, 5) is 13.8. The van der Waals surface area contributed by atoms with Crippen molar-refractivity contribution < 1.29 is 9.53 Å². The number of nitrogens with one attached hydrogen (secondary N) is 2. The first-order chi connectivity index (χ1) is 10.2. The van der Waals surface area contributed by atoms with E-state index in [1.807, 2.05) is 18.2 Å². The Morgan fingerprint density at radius 1 is 1.48 bits per heavy atom. The lowest BCUT2D eigenvalue weighted by atomic mass is 10.1. The molecule has 6 heteroatoms. The summed E-state index contributed by atoms with van der Waals surface area (Å²) in [7, 11) is 1.69. The topological polar surface area (TPSA) is 53.6 Å². The molecule has 1 heterocycles. The van der Waals surface area contributed by atoms with Crippen LogP contribution in [0.2, 0.25) is 5.02 Å². The molecule has 0 aliphatic carbocycles. The average molecular weight is 312 g/mol. The Balaban J connectivity index is 2.11. The lowest BCUT2D eigenvalue weighted by Gasteiger charge is -2.25. The fraction of sp³-hybridized carbons (Fsp3) is 0.533. The number of anilines is 1. The fourth-order valence-electron chi connectivity index (χ4n) is 2.39. The monoisotopic (exact) mass is 311 g/mol. The lowest BCUT2D eigenvalue weighted by molar-refractivity contribution is -0.119. The van der Waals surface area contributed by atoms with Crippen molar-refractivity contribution in [2.45, 2.75) is 13.0 Å². The van der Waals surface area contributed by atoms with Crippen LogP contribution in [-0.2, 0) is 16.1 Å². The molecule has 1 aliphatic rings. The molecule has 2 N–H and O–H groups in total. The number of amides is 1. The largest absolute Gasteiger partial charge is 0.383 e. The zero-order valence-electron chi connectivity index (χ0n) is 12.3. The molecule has 0 radical (unpaired) electrons. The number of carbonyl (C=O) groups is 1. The van der Waals surface area contributed by atoms with Crippen molar-refractivity contribution in [1.82, 2.24) is 10.6 Å². The Kier molecular flexibility index (Phi) is 6.29. The highest BCUT2D eigenvalue weighted by Gasteiger charge is 2.17. The van der Waals surface area contributed by atoms with Gasteiger partial charge in [0.15, 0.2) is 0 Å². The van der Waals surface area contributed by atoms with Crippen molar-refractivity contribution in [2.24, 2.45) is 0 Å². The van der Waals surface area contributed by atoms with Crippen LogP contribution in [0.4, 0.5) is 5.69 Å². The number of hydrogen-bond donors (Lipinski definition) is 2. The second-order valence-corrected chi connectivity index (χ2v) is 5.50. The Labute approximate surface area is 130 Å². The number of carbonyl (C=O) groups excluding carboxylic acids is 1. The van der Waals surface area contributed by atoms with Crippen molar-refractivity contribution in [1.29, 1.82) is 0 Å². The molecule has 2 rings (SSSR count). The standard InChI is InChI=1S/C15H22ClN3O2/c1-21-8-6-17-10-12-3-4-13(16)9-14(12)19-7-2-5-18-15(20)11-19/h3-4,9,17H,2,5-8,10-11H2,1H3,(H,18,20). The smallest absolute Gasteiger partial charge is 0.239 e. The predicted molar refractivity (Wildman–Crippen MR) is 84.9 cm³/mol. The molecule has 0 unspecified atom stereocenters. The maximum atomic E-state index is 11.7. The SMILES string of the molecule is COCCNCc1ccc(Cl)cc1N1CCCNC(=O)C1. The normalized spacial score (nSPS) is 15.7. The third-order valence-corrected chi connectivity index (χ3v) is 3.68. The Morgan fingerprint density at radius 2 is 2.33 bits per heavy atom. The zero-order chi connectivity index (χ0) is 15.1. The quantitative estimate of drug-likeness (QED) is 0.780. The van der Waals surface area contributed by atoms with Gasteiger partial charge in [0, 0.05) is 44.0 Å². The van der Waals surface area contributed by atoms with Gasteiger partial charge < -0.3 is 20.3 Å². The van der Waals surface area contributed by atoms with Gasteiger partial charge in [-0.15, -0.1) is 0 Å². The molecule has 21 heavy (non-hydrogen) atoms. The summed E-state index contributed by atoms with van der Waals surface area (Å²) >= 11 is 6.13. The van der Waals surface area contributed by atoms with E-state index in [0.717, 1.165) is 43.9 Å². The summed E-state index contributed by atoms with van der Waals surface area (Å²) in [5.41, 5.74) is 2.18. The van der Waals surface area contributed by atoms with Crippen LogP contribution in [0.25, 0.3) is 0 Å². The highest BCUT2D eigenvalue weighted by atomic mass is 35.5. The molecular formula is C15H22ClN3O2. The van der Waals surface area contributed by atoms with Gasteiger partial charge in [-0.2, -0.15) is 0 Å². The van der Waals surface area contributed by atoms with Crippen LogP contribution in [0.15, 0.2) is 18.2 Å². The van der Waals surface area contributed by atoms with Crippen LogP contribution in [-0.4, -0.2) is 45.8 Å². The van der Waals surface area contributed by atoms with E-state index in [0.29, 0.717) is 18.2 Å². The highest BCUT2D eigenvalue weighted by Crippen LogP contribution is 2.25. The Hall–Kier alpha value is -1.30. The van der Waals surface area contributed by atoms with Gasteiger partial charge in [0.25, 0.3) is 0 Å². The minimum absolute atomic E-state index is 0.0609. The molecule has 1 aliphatic heterocycles. The molecular weight excluding hydrogens is 290 g/mol. The maximum absolute atomic E-state index is 11.7. The van der Waals surface area contributed by atoms with Crippen LogP contribution in [0.5, 0.6) is 0 Å². The molecule has 0 spiro atoms. The van der Waals surface area contributed by atoms with Crippen LogP contribution >= 0.6 is 11.6 Å². The van der Waals surface area contributed by atoms with Crippen LogP contribution in [0.3, 0.4) is 0 Å². The molecule has 0 saturated carbocycles. The number of rotatable bonds is 6. The van der Waals surface area contributed by atoms with E-state index in [1.54, 1.807) is 7.11 Å². The maximum Gasteiger partial charge on any atom is 0.239 e.